The van der Waals surface area contributed by atoms with Crippen LogP contribution >= 0.6 is 0 Å². The molecule has 0 amide bonds. The molecule has 0 unspecified atom stereocenters. The fourth-order valence-corrected chi connectivity index (χ4v) is 2.03. The molecule has 28 heavy (non-hydrogen) atoms. The highest BCUT2D eigenvalue weighted by atomic mass is 15.0. The average Bonchev–Trinajstić information content (AvgIpc) is 2.71. The molecule has 6 nitrogen and oxygen atoms in total. The summed E-state index contributed by atoms with van der Waals surface area (Å²) in [7, 11) is 0. The van der Waals surface area contributed by atoms with E-state index in [4.69, 9.17) is 11.1 Å². The van der Waals surface area contributed by atoms with Crippen LogP contribution < -0.4 is 11.1 Å². The minimum Gasteiger partial charge on any atom is -0.404 e. The third kappa shape index (κ3) is 8.23. The van der Waals surface area contributed by atoms with Gasteiger partial charge in [-0.2, -0.15) is 0 Å². The number of allylic oxidation sites excluding steroid dienone is 6. The highest BCUT2D eigenvalue weighted by Gasteiger charge is 2.03. The molecule has 0 aliphatic rings. The molecule has 0 atom stereocenters. The Morgan fingerprint density at radius 1 is 1.14 bits per heavy atom. The topological polar surface area (TPSA) is 99.0 Å². The van der Waals surface area contributed by atoms with E-state index in [1.165, 1.54) is 18.8 Å². The summed E-state index contributed by atoms with van der Waals surface area (Å²) in [4.78, 5) is 13.0. The maximum atomic E-state index is 7.22. The van der Waals surface area contributed by atoms with Crippen LogP contribution in [0.15, 0.2) is 92.8 Å². The van der Waals surface area contributed by atoms with Gasteiger partial charge < -0.3 is 16.5 Å². The van der Waals surface area contributed by atoms with Crippen molar-refractivity contribution in [2.45, 2.75) is 27.7 Å². The zero-order valence-electron chi connectivity index (χ0n) is 16.8. The molecule has 0 bridgehead atoms. The van der Waals surface area contributed by atoms with Crippen molar-refractivity contribution in [1.82, 2.24) is 5.32 Å². The van der Waals surface area contributed by atoms with E-state index in [1.807, 2.05) is 76.3 Å². The van der Waals surface area contributed by atoms with Gasteiger partial charge in [0, 0.05) is 11.9 Å². The van der Waals surface area contributed by atoms with E-state index in [0.29, 0.717) is 11.5 Å². The maximum Gasteiger partial charge on any atom is 0.118 e. The lowest BCUT2D eigenvalue weighted by Gasteiger charge is -2.08. The Labute approximate surface area is 167 Å². The van der Waals surface area contributed by atoms with Gasteiger partial charge in [0.2, 0.25) is 0 Å². The summed E-state index contributed by atoms with van der Waals surface area (Å²) in [5, 5.41) is 10.5. The molecule has 0 radical (unpaired) electrons. The average molecular weight is 377 g/mol. The molecule has 0 spiro atoms. The summed E-state index contributed by atoms with van der Waals surface area (Å²) in [5.41, 5.74) is 9.52. The largest absolute Gasteiger partial charge is 0.404 e. The van der Waals surface area contributed by atoms with Crippen molar-refractivity contribution in [2.24, 2.45) is 20.7 Å². The molecule has 0 aliphatic heterocycles. The first-order valence-corrected chi connectivity index (χ1v) is 8.91. The van der Waals surface area contributed by atoms with Gasteiger partial charge in [0.1, 0.15) is 12.2 Å². The lowest BCUT2D eigenvalue weighted by Crippen LogP contribution is -2.20. The second-order valence-corrected chi connectivity index (χ2v) is 5.72. The van der Waals surface area contributed by atoms with Crippen molar-refractivity contribution < 1.29 is 0 Å². The molecule has 1 aromatic rings. The van der Waals surface area contributed by atoms with E-state index in [1.54, 1.807) is 6.08 Å². The van der Waals surface area contributed by atoms with Crippen LogP contribution in [0.25, 0.3) is 0 Å². The number of amidine groups is 1. The molecule has 0 saturated carbocycles. The zero-order valence-corrected chi connectivity index (χ0v) is 16.8. The van der Waals surface area contributed by atoms with Crippen LogP contribution in [-0.4, -0.2) is 24.1 Å². The lowest BCUT2D eigenvalue weighted by atomic mass is 10.1. The van der Waals surface area contributed by atoms with Gasteiger partial charge in [-0.3, -0.25) is 0 Å². The van der Waals surface area contributed by atoms with Crippen LogP contribution in [0.4, 0.5) is 5.69 Å². The quantitative estimate of drug-likeness (QED) is 0.349. The summed E-state index contributed by atoms with van der Waals surface area (Å²) >= 11 is 0. The molecule has 6 heteroatoms. The Bertz CT molecular complexity index is 852. The van der Waals surface area contributed by atoms with Crippen molar-refractivity contribution >= 4 is 29.8 Å². The summed E-state index contributed by atoms with van der Waals surface area (Å²) < 4.78 is 0. The Kier molecular flexibility index (Phi) is 10.3. The molecular formula is C22H28N6. The molecule has 1 rings (SSSR count). The SMILES string of the molecule is C/C=C\C(=C/C(=Nc1ccccc1)C(C)=CN)NC(C)=NC=N/C(C=N)=C/C. The fourth-order valence-electron chi connectivity index (χ4n) is 2.03. The Hall–Kier alpha value is -3.54. The van der Waals surface area contributed by atoms with Gasteiger partial charge in [0.05, 0.1) is 17.1 Å². The van der Waals surface area contributed by atoms with Gasteiger partial charge in [0.15, 0.2) is 0 Å². The molecule has 4 N–H and O–H groups in total. The second kappa shape index (κ2) is 12.8. The fraction of sp³-hybridized carbons (Fsp3) is 0.182. The van der Waals surface area contributed by atoms with E-state index >= 15 is 0 Å². The summed E-state index contributed by atoms with van der Waals surface area (Å²) in [5.74, 6) is 0.655. The van der Waals surface area contributed by atoms with Crippen molar-refractivity contribution in [1.29, 1.82) is 5.41 Å². The van der Waals surface area contributed by atoms with E-state index in [0.717, 1.165) is 22.7 Å². The number of rotatable bonds is 8. The highest BCUT2D eigenvalue weighted by molar-refractivity contribution is 6.10. The van der Waals surface area contributed by atoms with Crippen LogP contribution in [-0.2, 0) is 0 Å². The first-order chi connectivity index (χ1) is 13.5. The number of nitrogens with two attached hydrogens (primary N) is 1. The summed E-state index contributed by atoms with van der Waals surface area (Å²) in [6.07, 6.45) is 11.6. The number of nitrogens with one attached hydrogen (secondary N) is 2. The number of hydrogen-bond acceptors (Lipinski definition) is 4. The molecule has 146 valence electrons. The predicted octanol–water partition coefficient (Wildman–Crippen LogP) is 4.67. The molecule has 0 saturated heterocycles. The predicted molar refractivity (Wildman–Crippen MR) is 122 cm³/mol. The molecule has 0 fully saturated rings. The second-order valence-electron chi connectivity index (χ2n) is 5.72. The van der Waals surface area contributed by atoms with Gasteiger partial charge in [0.25, 0.3) is 0 Å². The van der Waals surface area contributed by atoms with Gasteiger partial charge in [-0.25, -0.2) is 15.0 Å². The van der Waals surface area contributed by atoms with E-state index in [9.17, 15) is 0 Å². The van der Waals surface area contributed by atoms with Gasteiger partial charge in [-0.05, 0) is 63.8 Å². The monoisotopic (exact) mass is 376 g/mol. The van der Waals surface area contributed by atoms with Crippen molar-refractivity contribution in [3.05, 3.63) is 77.8 Å². The van der Waals surface area contributed by atoms with Crippen LogP contribution in [0.1, 0.15) is 27.7 Å². The molecule has 0 aromatic heterocycles. The Morgan fingerprint density at radius 3 is 2.43 bits per heavy atom. The molecule has 1 aromatic carbocycles. The minimum absolute atomic E-state index is 0.543. The first kappa shape index (κ1) is 22.5. The molecule has 0 aliphatic carbocycles. The summed E-state index contributed by atoms with van der Waals surface area (Å²) in [6.45, 7) is 7.50. The van der Waals surface area contributed by atoms with Crippen molar-refractivity contribution in [2.75, 3.05) is 0 Å². The Balaban J connectivity index is 3.17. The van der Waals surface area contributed by atoms with Crippen LogP contribution in [0.2, 0.25) is 0 Å². The number of para-hydroxylation sites is 1. The number of benzene rings is 1. The number of hydrogen-bond donors (Lipinski definition) is 3. The van der Waals surface area contributed by atoms with Gasteiger partial charge in [-0.1, -0.05) is 30.4 Å². The van der Waals surface area contributed by atoms with E-state index in [-0.39, 0.29) is 0 Å². The lowest BCUT2D eigenvalue weighted by molar-refractivity contribution is 1.16. The standard InChI is InChI=1S/C22H28N6/c1-5-10-21(27-18(4)25-16-26-19(6-2)15-24)13-22(17(3)14-23)28-20-11-8-7-9-12-20/h5-16,24H,23H2,1-4H3,(H,25,26,27)/b10-5-,17-14?,19-6+,21-13+,24-15?,28-22?. The third-order valence-corrected chi connectivity index (χ3v) is 3.53. The minimum atomic E-state index is 0.543. The zero-order chi connectivity index (χ0) is 20.8. The van der Waals surface area contributed by atoms with Crippen molar-refractivity contribution in [3.63, 3.8) is 0 Å². The van der Waals surface area contributed by atoms with Gasteiger partial charge >= 0.3 is 0 Å². The van der Waals surface area contributed by atoms with Gasteiger partial charge in [-0.15, -0.1) is 0 Å². The van der Waals surface area contributed by atoms with Crippen LogP contribution in [0.3, 0.4) is 0 Å². The number of aliphatic imine (C=N–C) groups is 3. The first-order valence-electron chi connectivity index (χ1n) is 8.91. The smallest absolute Gasteiger partial charge is 0.118 e. The van der Waals surface area contributed by atoms with E-state index in [2.05, 4.69) is 20.3 Å². The highest BCUT2D eigenvalue weighted by Crippen LogP contribution is 2.14. The molecule has 0 heterocycles. The van der Waals surface area contributed by atoms with E-state index < -0.39 is 0 Å². The number of nitrogens with zero attached hydrogens (tertiary/aromatic N) is 3. The van der Waals surface area contributed by atoms with Crippen molar-refractivity contribution in [3.8, 4) is 0 Å². The van der Waals surface area contributed by atoms with Crippen LogP contribution in [0, 0.1) is 5.41 Å². The molecular weight excluding hydrogens is 348 g/mol. The maximum absolute atomic E-state index is 7.22. The third-order valence-electron chi connectivity index (χ3n) is 3.53. The van der Waals surface area contributed by atoms with Crippen LogP contribution in [0.5, 0.6) is 0 Å². The summed E-state index contributed by atoms with van der Waals surface area (Å²) in [6, 6.07) is 9.70. The Morgan fingerprint density at radius 2 is 1.86 bits per heavy atom. The normalized spacial score (nSPS) is 14.8.